The van der Waals surface area contributed by atoms with Crippen molar-refractivity contribution >= 4 is 0 Å². The van der Waals surface area contributed by atoms with Gasteiger partial charge in [0.2, 0.25) is 0 Å². The molecule has 0 heterocycles. The van der Waals surface area contributed by atoms with Crippen molar-refractivity contribution in [3.63, 3.8) is 0 Å². The average Bonchev–Trinajstić information content (AvgIpc) is 1.84. The third-order valence-corrected chi connectivity index (χ3v) is 2.37. The molecule has 1 fully saturated rings. The lowest BCUT2D eigenvalue weighted by Gasteiger charge is -2.32. The Labute approximate surface area is 64.3 Å². The molecule has 0 saturated heterocycles. The van der Waals surface area contributed by atoms with Gasteiger partial charge in [-0.1, -0.05) is 18.6 Å². The summed E-state index contributed by atoms with van der Waals surface area (Å²) in [4.78, 5) is 0. The van der Waals surface area contributed by atoms with Gasteiger partial charge in [0.05, 0.1) is 0 Å². The fourth-order valence-electron chi connectivity index (χ4n) is 1.28. The Balaban J connectivity index is 2.20. The van der Waals surface area contributed by atoms with Gasteiger partial charge in [0.25, 0.3) is 0 Å². The largest absolute Gasteiger partial charge is 0.0853 e. The zero-order chi connectivity index (χ0) is 7.56. The van der Waals surface area contributed by atoms with E-state index in [9.17, 15) is 0 Å². The first-order chi connectivity index (χ1) is 4.70. The highest BCUT2D eigenvalue weighted by atomic mass is 14.3. The van der Waals surface area contributed by atoms with Crippen LogP contribution in [0.2, 0.25) is 0 Å². The minimum absolute atomic E-state index is 0.913. The van der Waals surface area contributed by atoms with Crippen LogP contribution in [-0.4, -0.2) is 0 Å². The van der Waals surface area contributed by atoms with E-state index in [2.05, 4.69) is 26.8 Å². The molecule has 0 aliphatic heterocycles. The molecule has 0 aromatic rings. The maximum Gasteiger partial charge on any atom is -0.0175 e. The summed E-state index contributed by atoms with van der Waals surface area (Å²) >= 11 is 0. The van der Waals surface area contributed by atoms with E-state index < -0.39 is 0 Å². The van der Waals surface area contributed by atoms with E-state index >= 15 is 0 Å². The monoisotopic (exact) mass is 137 g/mol. The summed E-state index contributed by atoms with van der Waals surface area (Å²) in [5.74, 6) is 2.66. The molecule has 0 spiro atoms. The van der Waals surface area contributed by atoms with Crippen LogP contribution in [0.15, 0.2) is 11.6 Å². The molecule has 1 aliphatic rings. The van der Waals surface area contributed by atoms with Gasteiger partial charge < -0.3 is 0 Å². The first kappa shape index (κ1) is 7.84. The molecule has 10 heavy (non-hydrogen) atoms. The molecule has 0 nitrogen and oxygen atoms in total. The molecule has 1 unspecified atom stereocenters. The van der Waals surface area contributed by atoms with E-state index in [-0.39, 0.29) is 0 Å². The second-order valence-electron chi connectivity index (χ2n) is 3.58. The van der Waals surface area contributed by atoms with Crippen molar-refractivity contribution in [3.05, 3.63) is 17.6 Å². The van der Waals surface area contributed by atoms with Crippen molar-refractivity contribution in [1.29, 1.82) is 0 Å². The lowest BCUT2D eigenvalue weighted by molar-refractivity contribution is 0.382. The Morgan fingerprint density at radius 1 is 1.60 bits per heavy atom. The van der Waals surface area contributed by atoms with E-state index in [4.69, 9.17) is 0 Å². The van der Waals surface area contributed by atoms with Gasteiger partial charge >= 0.3 is 0 Å². The predicted molar refractivity (Wildman–Crippen MR) is 45.7 cm³/mol. The Morgan fingerprint density at radius 2 is 2.30 bits per heavy atom. The quantitative estimate of drug-likeness (QED) is 0.512. The number of hydrogen-bond acceptors (Lipinski definition) is 0. The third kappa shape index (κ3) is 1.86. The molecule has 0 heteroatoms. The summed E-state index contributed by atoms with van der Waals surface area (Å²) in [6.07, 6.45) is 6.38. The number of allylic oxidation sites excluding steroid dienone is 2. The Morgan fingerprint density at radius 3 is 2.60 bits per heavy atom. The van der Waals surface area contributed by atoms with Gasteiger partial charge in [-0.05, 0) is 44.9 Å². The molecule has 1 saturated carbocycles. The van der Waals surface area contributed by atoms with Crippen molar-refractivity contribution in [2.24, 2.45) is 5.92 Å². The average molecular weight is 137 g/mol. The molecule has 1 aliphatic carbocycles. The lowest BCUT2D eigenvalue weighted by atomic mass is 9.73. The highest BCUT2D eigenvalue weighted by Gasteiger charge is 2.25. The van der Waals surface area contributed by atoms with Crippen LogP contribution in [0.4, 0.5) is 0 Å². The molecule has 1 atom stereocenters. The zero-order valence-electron chi connectivity index (χ0n) is 7.28. The van der Waals surface area contributed by atoms with Crippen LogP contribution in [0.5, 0.6) is 0 Å². The SMILES string of the molecule is CC(C)=CC[C]1CCC1C. The molecule has 0 bridgehead atoms. The highest BCUT2D eigenvalue weighted by molar-refractivity contribution is 5.10. The smallest absolute Gasteiger partial charge is 0.0175 e. The van der Waals surface area contributed by atoms with E-state index in [1.807, 2.05) is 0 Å². The minimum Gasteiger partial charge on any atom is -0.0853 e. The van der Waals surface area contributed by atoms with Crippen LogP contribution >= 0.6 is 0 Å². The van der Waals surface area contributed by atoms with Crippen molar-refractivity contribution in [2.75, 3.05) is 0 Å². The van der Waals surface area contributed by atoms with Crippen molar-refractivity contribution in [2.45, 2.75) is 40.0 Å². The van der Waals surface area contributed by atoms with Crippen molar-refractivity contribution in [3.8, 4) is 0 Å². The van der Waals surface area contributed by atoms with Crippen LogP contribution in [0.25, 0.3) is 0 Å². The normalized spacial score (nSPS) is 25.7. The van der Waals surface area contributed by atoms with E-state index in [0.29, 0.717) is 0 Å². The molecule has 0 amide bonds. The first-order valence-electron chi connectivity index (χ1n) is 4.18. The predicted octanol–water partition coefficient (Wildman–Crippen LogP) is 3.35. The van der Waals surface area contributed by atoms with Gasteiger partial charge in [-0.15, -0.1) is 0 Å². The fraction of sp³-hybridized carbons (Fsp3) is 0.700. The molecule has 57 valence electrons. The van der Waals surface area contributed by atoms with E-state index in [0.717, 1.165) is 5.92 Å². The number of rotatable bonds is 2. The summed E-state index contributed by atoms with van der Waals surface area (Å²) in [6, 6.07) is 0. The van der Waals surface area contributed by atoms with Gasteiger partial charge in [0.15, 0.2) is 0 Å². The van der Waals surface area contributed by atoms with Crippen LogP contribution in [0, 0.1) is 11.8 Å². The van der Waals surface area contributed by atoms with E-state index in [1.165, 1.54) is 24.8 Å². The zero-order valence-corrected chi connectivity index (χ0v) is 7.28. The Kier molecular flexibility index (Phi) is 2.53. The second kappa shape index (κ2) is 3.23. The van der Waals surface area contributed by atoms with Crippen LogP contribution < -0.4 is 0 Å². The molecule has 1 rings (SSSR count). The summed E-state index contributed by atoms with van der Waals surface area (Å²) in [7, 11) is 0. The first-order valence-corrected chi connectivity index (χ1v) is 4.18. The summed E-state index contributed by atoms with van der Waals surface area (Å²) in [5, 5.41) is 0. The molecule has 0 aromatic heterocycles. The third-order valence-electron chi connectivity index (χ3n) is 2.37. The summed E-state index contributed by atoms with van der Waals surface area (Å²) < 4.78 is 0. The lowest BCUT2D eigenvalue weighted by Crippen LogP contribution is -2.19. The Hall–Kier alpha value is -0.260. The maximum atomic E-state index is 2.34. The Bertz CT molecular complexity index is 129. The molecule has 0 N–H and O–H groups in total. The number of hydrogen-bond donors (Lipinski definition) is 0. The van der Waals surface area contributed by atoms with Gasteiger partial charge in [0, 0.05) is 0 Å². The van der Waals surface area contributed by atoms with Crippen LogP contribution in [-0.2, 0) is 0 Å². The van der Waals surface area contributed by atoms with E-state index in [1.54, 1.807) is 5.92 Å². The molecular weight excluding hydrogens is 120 g/mol. The van der Waals surface area contributed by atoms with Gasteiger partial charge in [-0.3, -0.25) is 0 Å². The van der Waals surface area contributed by atoms with Gasteiger partial charge in [0.1, 0.15) is 0 Å². The van der Waals surface area contributed by atoms with Crippen LogP contribution in [0.3, 0.4) is 0 Å². The summed E-state index contributed by atoms with van der Waals surface area (Å²) in [6.45, 7) is 6.67. The maximum absolute atomic E-state index is 2.34. The molecular formula is C10H17. The molecule has 0 aromatic carbocycles. The fourth-order valence-corrected chi connectivity index (χ4v) is 1.28. The molecule has 1 radical (unpaired) electrons. The van der Waals surface area contributed by atoms with Crippen LogP contribution in [0.1, 0.15) is 40.0 Å². The standard InChI is InChI=1S/C10H17/c1-8(2)4-6-10-7-5-9(10)3/h4,9H,5-7H2,1-3H3. The minimum atomic E-state index is 0.913. The second-order valence-corrected chi connectivity index (χ2v) is 3.58. The van der Waals surface area contributed by atoms with Crippen molar-refractivity contribution < 1.29 is 0 Å². The van der Waals surface area contributed by atoms with Crippen molar-refractivity contribution in [1.82, 2.24) is 0 Å². The van der Waals surface area contributed by atoms with Gasteiger partial charge in [-0.25, -0.2) is 0 Å². The highest BCUT2D eigenvalue weighted by Crippen LogP contribution is 2.38. The summed E-state index contributed by atoms with van der Waals surface area (Å²) in [5.41, 5.74) is 1.45. The topological polar surface area (TPSA) is 0 Å². The van der Waals surface area contributed by atoms with Gasteiger partial charge in [-0.2, -0.15) is 0 Å².